The zero-order valence-electron chi connectivity index (χ0n) is 19.4. The van der Waals surface area contributed by atoms with E-state index in [-0.39, 0.29) is 11.8 Å². The van der Waals surface area contributed by atoms with Crippen molar-refractivity contribution in [3.8, 4) is 16.9 Å². The van der Waals surface area contributed by atoms with Crippen molar-refractivity contribution in [2.45, 2.75) is 25.2 Å². The van der Waals surface area contributed by atoms with Gasteiger partial charge < -0.3 is 19.3 Å². The fraction of sp³-hybridized carbons (Fsp3) is 0.296. The lowest BCUT2D eigenvalue weighted by Gasteiger charge is -2.44. The number of rotatable bonds is 3. The Kier molecular flexibility index (Phi) is 5.79. The minimum absolute atomic E-state index is 0.0446. The molecule has 0 bridgehead atoms. The highest BCUT2D eigenvalue weighted by Gasteiger charge is 2.42. The number of ether oxygens (including phenoxy) is 2. The minimum atomic E-state index is -0.697. The van der Waals surface area contributed by atoms with E-state index >= 15 is 0 Å². The monoisotopic (exact) mass is 457 g/mol. The van der Waals surface area contributed by atoms with Crippen LogP contribution in [0.15, 0.2) is 66.9 Å². The first-order valence-electron chi connectivity index (χ1n) is 11.4. The van der Waals surface area contributed by atoms with Gasteiger partial charge in [-0.3, -0.25) is 14.6 Å². The van der Waals surface area contributed by atoms with Crippen LogP contribution >= 0.6 is 0 Å². The van der Waals surface area contributed by atoms with E-state index in [1.165, 1.54) is 4.90 Å². The van der Waals surface area contributed by atoms with Gasteiger partial charge in [0.05, 0.1) is 6.61 Å². The average Bonchev–Trinajstić information content (AvgIpc) is 2.88. The molecule has 34 heavy (non-hydrogen) atoms. The molecule has 7 heteroatoms. The maximum absolute atomic E-state index is 12.8. The minimum Gasteiger partial charge on any atom is -0.462 e. The summed E-state index contributed by atoms with van der Waals surface area (Å²) in [6, 6.07) is 19.0. The Morgan fingerprint density at radius 1 is 0.971 bits per heavy atom. The Bertz CT molecular complexity index is 1200. The van der Waals surface area contributed by atoms with Crippen LogP contribution in [0.3, 0.4) is 0 Å². The summed E-state index contributed by atoms with van der Waals surface area (Å²) in [7, 11) is 3.42. The Balaban J connectivity index is 1.26. The molecule has 2 aliphatic rings. The van der Waals surface area contributed by atoms with Crippen LogP contribution in [0.2, 0.25) is 0 Å². The SMILES string of the molecule is CN(C)C(=O)c1ccc(-c2ccc3c(c2)COC2(CCN(C(=O)c4ccccc4)CC2)O3)cn1. The second-order valence-electron chi connectivity index (χ2n) is 8.91. The number of amides is 2. The van der Waals surface area contributed by atoms with Gasteiger partial charge >= 0.3 is 0 Å². The number of hydrogen-bond acceptors (Lipinski definition) is 5. The topological polar surface area (TPSA) is 72.0 Å². The molecule has 0 aliphatic carbocycles. The lowest BCUT2D eigenvalue weighted by Crippen LogP contribution is -2.52. The van der Waals surface area contributed by atoms with E-state index in [1.54, 1.807) is 26.4 Å². The first-order valence-corrected chi connectivity index (χ1v) is 11.4. The summed E-state index contributed by atoms with van der Waals surface area (Å²) in [6.07, 6.45) is 2.96. The number of pyridine rings is 1. The predicted octanol–water partition coefficient (Wildman–Crippen LogP) is 3.99. The molecule has 0 radical (unpaired) electrons. The first kappa shape index (κ1) is 22.1. The Morgan fingerprint density at radius 3 is 2.38 bits per heavy atom. The largest absolute Gasteiger partial charge is 0.462 e. The van der Waals surface area contributed by atoms with E-state index in [4.69, 9.17) is 9.47 Å². The number of likely N-dealkylation sites (tertiary alicyclic amines) is 1. The van der Waals surface area contributed by atoms with Gasteiger partial charge in [-0.15, -0.1) is 0 Å². The average molecular weight is 458 g/mol. The zero-order chi connectivity index (χ0) is 23.7. The molecule has 2 amide bonds. The van der Waals surface area contributed by atoms with Crippen molar-refractivity contribution in [1.29, 1.82) is 0 Å². The highest BCUT2D eigenvalue weighted by molar-refractivity contribution is 5.94. The summed E-state index contributed by atoms with van der Waals surface area (Å²) in [5.41, 5.74) is 4.00. The van der Waals surface area contributed by atoms with Crippen molar-refractivity contribution in [2.75, 3.05) is 27.2 Å². The second kappa shape index (κ2) is 8.91. The van der Waals surface area contributed by atoms with Crippen LogP contribution in [0, 0.1) is 0 Å². The zero-order valence-corrected chi connectivity index (χ0v) is 19.4. The van der Waals surface area contributed by atoms with Crippen LogP contribution in [-0.2, 0) is 11.3 Å². The predicted molar refractivity (Wildman–Crippen MR) is 127 cm³/mol. The van der Waals surface area contributed by atoms with Gasteiger partial charge in [0, 0.05) is 62.9 Å². The standard InChI is InChI=1S/C27H27N3O4/c1-29(2)26(32)23-10-8-21(17-28-23)20-9-11-24-22(16-20)18-33-27(34-24)12-14-30(15-13-27)25(31)19-6-4-3-5-7-19/h3-11,16-17H,12-15,18H2,1-2H3. The summed E-state index contributed by atoms with van der Waals surface area (Å²) >= 11 is 0. The van der Waals surface area contributed by atoms with E-state index in [2.05, 4.69) is 4.98 Å². The van der Waals surface area contributed by atoms with Crippen molar-refractivity contribution >= 4 is 11.8 Å². The molecule has 0 unspecified atom stereocenters. The van der Waals surface area contributed by atoms with Crippen molar-refractivity contribution < 1.29 is 19.1 Å². The number of benzene rings is 2. The van der Waals surface area contributed by atoms with Crippen LogP contribution in [0.25, 0.3) is 11.1 Å². The number of nitrogens with zero attached hydrogens (tertiary/aromatic N) is 3. The molecule has 0 saturated carbocycles. The van der Waals surface area contributed by atoms with Gasteiger partial charge in [-0.05, 0) is 35.9 Å². The highest BCUT2D eigenvalue weighted by atomic mass is 16.7. The van der Waals surface area contributed by atoms with Crippen LogP contribution < -0.4 is 4.74 Å². The molecule has 3 heterocycles. The molecular formula is C27H27N3O4. The van der Waals surface area contributed by atoms with Gasteiger partial charge in [0.15, 0.2) is 0 Å². The maximum Gasteiger partial charge on any atom is 0.271 e. The van der Waals surface area contributed by atoms with Crippen molar-refractivity contribution in [3.05, 3.63) is 83.7 Å². The highest BCUT2D eigenvalue weighted by Crippen LogP contribution is 2.39. The quantitative estimate of drug-likeness (QED) is 0.595. The lowest BCUT2D eigenvalue weighted by atomic mass is 9.99. The van der Waals surface area contributed by atoms with Gasteiger partial charge in [0.2, 0.25) is 5.79 Å². The first-order chi connectivity index (χ1) is 16.4. The molecule has 0 atom stereocenters. The third-order valence-electron chi connectivity index (χ3n) is 6.40. The van der Waals surface area contributed by atoms with Crippen molar-refractivity contribution in [2.24, 2.45) is 0 Å². The summed E-state index contributed by atoms with van der Waals surface area (Å²) in [5, 5.41) is 0. The summed E-state index contributed by atoms with van der Waals surface area (Å²) in [5.74, 6) is 0.0339. The van der Waals surface area contributed by atoms with E-state index in [0.29, 0.717) is 43.8 Å². The molecule has 1 saturated heterocycles. The van der Waals surface area contributed by atoms with Crippen LogP contribution in [0.5, 0.6) is 5.75 Å². The number of carbonyl (C=O) groups is 2. The van der Waals surface area contributed by atoms with Gasteiger partial charge in [-0.2, -0.15) is 0 Å². The molecule has 1 spiro atoms. The molecule has 0 N–H and O–H groups in total. The van der Waals surface area contributed by atoms with E-state index in [0.717, 1.165) is 22.4 Å². The van der Waals surface area contributed by atoms with Crippen molar-refractivity contribution in [3.63, 3.8) is 0 Å². The Morgan fingerprint density at radius 2 is 1.71 bits per heavy atom. The number of carbonyl (C=O) groups excluding carboxylic acids is 2. The molecule has 1 aromatic heterocycles. The molecular weight excluding hydrogens is 430 g/mol. The molecule has 1 fully saturated rings. The van der Waals surface area contributed by atoms with Gasteiger partial charge in [0.1, 0.15) is 11.4 Å². The fourth-order valence-corrected chi connectivity index (χ4v) is 4.39. The third-order valence-corrected chi connectivity index (χ3v) is 6.40. The Hall–Kier alpha value is -3.71. The molecule has 2 aliphatic heterocycles. The molecule has 2 aromatic carbocycles. The van der Waals surface area contributed by atoms with E-state index in [1.807, 2.05) is 59.5 Å². The van der Waals surface area contributed by atoms with E-state index < -0.39 is 5.79 Å². The molecule has 5 rings (SSSR count). The summed E-state index contributed by atoms with van der Waals surface area (Å²) < 4.78 is 12.5. The van der Waals surface area contributed by atoms with Crippen LogP contribution in [0.1, 0.15) is 39.3 Å². The van der Waals surface area contributed by atoms with Gasteiger partial charge in [0.25, 0.3) is 11.8 Å². The lowest BCUT2D eigenvalue weighted by molar-refractivity contribution is -0.225. The Labute approximate surface area is 198 Å². The normalized spacial score (nSPS) is 16.5. The van der Waals surface area contributed by atoms with Crippen molar-refractivity contribution in [1.82, 2.24) is 14.8 Å². The smallest absolute Gasteiger partial charge is 0.271 e. The summed E-state index contributed by atoms with van der Waals surface area (Å²) in [6.45, 7) is 1.62. The van der Waals surface area contributed by atoms with Crippen LogP contribution in [-0.4, -0.2) is 59.6 Å². The van der Waals surface area contributed by atoms with E-state index in [9.17, 15) is 9.59 Å². The molecule has 174 valence electrons. The number of hydrogen-bond donors (Lipinski definition) is 0. The fourth-order valence-electron chi connectivity index (χ4n) is 4.39. The number of aromatic nitrogens is 1. The second-order valence-corrected chi connectivity index (χ2v) is 8.91. The maximum atomic E-state index is 12.8. The van der Waals surface area contributed by atoms with Crippen LogP contribution in [0.4, 0.5) is 0 Å². The molecule has 7 nitrogen and oxygen atoms in total. The van der Waals surface area contributed by atoms with Gasteiger partial charge in [-0.25, -0.2) is 0 Å². The third kappa shape index (κ3) is 4.26. The number of fused-ring (bicyclic) bond motifs is 1. The summed E-state index contributed by atoms with van der Waals surface area (Å²) in [4.78, 5) is 32.5. The number of piperidine rings is 1. The van der Waals surface area contributed by atoms with Gasteiger partial charge in [-0.1, -0.05) is 30.3 Å². The molecule has 3 aromatic rings.